The highest BCUT2D eigenvalue weighted by atomic mass is 35.5. The Morgan fingerprint density at radius 3 is 2.86 bits per heavy atom. The molecule has 0 fully saturated rings. The predicted molar refractivity (Wildman–Crippen MR) is 86.3 cm³/mol. The minimum atomic E-state index is -0.226. The van der Waals surface area contributed by atoms with E-state index in [9.17, 15) is 4.79 Å². The number of rotatable bonds is 2. The molecule has 3 rings (SSSR count). The molecular formula is C16H14Cl2N2O. The van der Waals surface area contributed by atoms with Gasteiger partial charge in [0.1, 0.15) is 0 Å². The molecule has 0 spiro atoms. The Labute approximate surface area is 133 Å². The second-order valence-corrected chi connectivity index (χ2v) is 5.79. The molecule has 1 aliphatic heterocycles. The number of halogens is 2. The molecule has 108 valence electrons. The molecule has 2 aromatic rings. The van der Waals surface area contributed by atoms with Gasteiger partial charge in [0.25, 0.3) is 5.91 Å². The fraction of sp³-hybridized carbons (Fsp3) is 0.188. The van der Waals surface area contributed by atoms with Gasteiger partial charge in [-0.25, -0.2) is 0 Å². The van der Waals surface area contributed by atoms with Gasteiger partial charge in [-0.05, 0) is 48.4 Å². The number of amides is 1. The average Bonchev–Trinajstić information content (AvgIpc) is 2.47. The van der Waals surface area contributed by atoms with Crippen LogP contribution in [0, 0.1) is 0 Å². The summed E-state index contributed by atoms with van der Waals surface area (Å²) >= 11 is 11.9. The van der Waals surface area contributed by atoms with Crippen molar-refractivity contribution in [3.63, 3.8) is 0 Å². The van der Waals surface area contributed by atoms with Crippen LogP contribution in [0.1, 0.15) is 21.5 Å². The third-order valence-electron chi connectivity index (χ3n) is 3.57. The van der Waals surface area contributed by atoms with Gasteiger partial charge < -0.3 is 10.6 Å². The van der Waals surface area contributed by atoms with E-state index >= 15 is 0 Å². The summed E-state index contributed by atoms with van der Waals surface area (Å²) in [7, 11) is 0. The predicted octanol–water partition coefficient (Wildman–Crippen LogP) is 3.89. The number of nitrogens with one attached hydrogen (secondary N) is 2. The van der Waals surface area contributed by atoms with Crippen LogP contribution in [0.4, 0.5) is 5.69 Å². The van der Waals surface area contributed by atoms with Crippen molar-refractivity contribution in [1.29, 1.82) is 0 Å². The number of carbonyl (C=O) groups excluding carboxylic acids is 1. The molecule has 0 bridgehead atoms. The Hall–Kier alpha value is -1.55. The van der Waals surface area contributed by atoms with Crippen molar-refractivity contribution in [2.75, 3.05) is 11.9 Å². The quantitative estimate of drug-likeness (QED) is 0.881. The lowest BCUT2D eigenvalue weighted by atomic mass is 9.99. The molecule has 1 amide bonds. The Bertz CT molecular complexity index is 701. The third-order valence-corrected chi connectivity index (χ3v) is 4.12. The van der Waals surface area contributed by atoms with Crippen LogP contribution in [0.3, 0.4) is 0 Å². The number of hydrogen-bond donors (Lipinski definition) is 2. The molecule has 0 aliphatic carbocycles. The van der Waals surface area contributed by atoms with Crippen LogP contribution in [-0.4, -0.2) is 12.5 Å². The molecule has 21 heavy (non-hydrogen) atoms. The van der Waals surface area contributed by atoms with Crippen LogP contribution in [0.15, 0.2) is 36.4 Å². The van der Waals surface area contributed by atoms with Crippen LogP contribution in [0.2, 0.25) is 10.0 Å². The summed E-state index contributed by atoms with van der Waals surface area (Å²) in [5, 5.41) is 7.12. The van der Waals surface area contributed by atoms with Crippen LogP contribution < -0.4 is 10.6 Å². The summed E-state index contributed by atoms with van der Waals surface area (Å²) < 4.78 is 0. The lowest BCUT2D eigenvalue weighted by molar-refractivity contribution is 0.102. The van der Waals surface area contributed by atoms with Crippen LogP contribution in [-0.2, 0) is 13.0 Å². The zero-order valence-corrected chi connectivity index (χ0v) is 12.8. The molecule has 1 heterocycles. The van der Waals surface area contributed by atoms with Crippen LogP contribution in [0.5, 0.6) is 0 Å². The third kappa shape index (κ3) is 3.05. The second-order valence-electron chi connectivity index (χ2n) is 4.95. The molecule has 2 N–H and O–H groups in total. The zero-order chi connectivity index (χ0) is 14.8. The minimum absolute atomic E-state index is 0.226. The lowest BCUT2D eigenvalue weighted by Gasteiger charge is -2.20. The van der Waals surface area contributed by atoms with Gasteiger partial charge in [-0.1, -0.05) is 35.3 Å². The van der Waals surface area contributed by atoms with E-state index in [0.29, 0.717) is 15.6 Å². The van der Waals surface area contributed by atoms with E-state index in [0.717, 1.165) is 30.8 Å². The van der Waals surface area contributed by atoms with Gasteiger partial charge in [0.2, 0.25) is 0 Å². The summed E-state index contributed by atoms with van der Waals surface area (Å²) in [4.78, 5) is 12.4. The van der Waals surface area contributed by atoms with Gasteiger partial charge in [0.05, 0.1) is 10.6 Å². The van der Waals surface area contributed by atoms with Gasteiger partial charge in [-0.15, -0.1) is 0 Å². The van der Waals surface area contributed by atoms with E-state index in [1.807, 2.05) is 12.1 Å². The largest absolute Gasteiger partial charge is 0.322 e. The van der Waals surface area contributed by atoms with E-state index in [4.69, 9.17) is 23.2 Å². The summed E-state index contributed by atoms with van der Waals surface area (Å²) in [5.74, 6) is -0.226. The van der Waals surface area contributed by atoms with Gasteiger partial charge in [0, 0.05) is 17.3 Å². The van der Waals surface area contributed by atoms with Gasteiger partial charge in [0.15, 0.2) is 0 Å². The highest BCUT2D eigenvalue weighted by molar-refractivity contribution is 6.37. The molecule has 3 nitrogen and oxygen atoms in total. The first kappa shape index (κ1) is 14.4. The minimum Gasteiger partial charge on any atom is -0.322 e. The summed E-state index contributed by atoms with van der Waals surface area (Å²) in [6, 6.07) is 10.8. The van der Waals surface area contributed by atoms with Crippen molar-refractivity contribution in [2.45, 2.75) is 13.0 Å². The first-order chi connectivity index (χ1) is 10.1. The number of hydrogen-bond acceptors (Lipinski definition) is 2. The maximum atomic E-state index is 12.4. The molecule has 0 atom stereocenters. The van der Waals surface area contributed by atoms with Crippen molar-refractivity contribution in [1.82, 2.24) is 5.32 Å². The molecule has 0 saturated carbocycles. The van der Waals surface area contributed by atoms with E-state index in [2.05, 4.69) is 16.7 Å². The number of benzene rings is 2. The molecule has 5 heteroatoms. The normalized spacial score (nSPS) is 13.6. The highest BCUT2D eigenvalue weighted by Gasteiger charge is 2.16. The average molecular weight is 321 g/mol. The first-order valence-electron chi connectivity index (χ1n) is 6.73. The van der Waals surface area contributed by atoms with E-state index in [1.54, 1.807) is 18.2 Å². The Balaban J connectivity index is 1.88. The maximum absolute atomic E-state index is 12.4. The van der Waals surface area contributed by atoms with Crippen molar-refractivity contribution in [2.24, 2.45) is 0 Å². The molecular weight excluding hydrogens is 307 g/mol. The number of fused-ring (bicyclic) bond motifs is 1. The van der Waals surface area contributed by atoms with E-state index in [1.165, 1.54) is 5.56 Å². The van der Waals surface area contributed by atoms with E-state index in [-0.39, 0.29) is 5.91 Å². The first-order valence-corrected chi connectivity index (χ1v) is 7.48. The molecule has 2 aromatic carbocycles. The van der Waals surface area contributed by atoms with Crippen molar-refractivity contribution >= 4 is 34.8 Å². The Kier molecular flexibility index (Phi) is 4.15. The molecule has 0 radical (unpaired) electrons. The van der Waals surface area contributed by atoms with Crippen LogP contribution in [0.25, 0.3) is 0 Å². The molecule has 0 saturated heterocycles. The summed E-state index contributed by atoms with van der Waals surface area (Å²) in [5.41, 5.74) is 3.66. The standard InChI is InChI=1S/C16H14Cl2N2O/c17-11-4-5-12(14(18)8-11)16(21)20-15-3-1-2-10-6-7-19-9-13(10)15/h1-5,8,19H,6-7,9H2,(H,20,21). The van der Waals surface area contributed by atoms with Crippen LogP contribution >= 0.6 is 23.2 Å². The van der Waals surface area contributed by atoms with Crippen molar-refractivity contribution < 1.29 is 4.79 Å². The Morgan fingerprint density at radius 2 is 2.05 bits per heavy atom. The molecule has 1 aliphatic rings. The van der Waals surface area contributed by atoms with Crippen molar-refractivity contribution in [3.05, 3.63) is 63.1 Å². The second kappa shape index (κ2) is 6.06. The van der Waals surface area contributed by atoms with Crippen molar-refractivity contribution in [3.8, 4) is 0 Å². The SMILES string of the molecule is O=C(Nc1cccc2c1CNCC2)c1ccc(Cl)cc1Cl. The fourth-order valence-electron chi connectivity index (χ4n) is 2.49. The Morgan fingerprint density at radius 1 is 1.19 bits per heavy atom. The monoisotopic (exact) mass is 320 g/mol. The summed E-state index contributed by atoms with van der Waals surface area (Å²) in [6.07, 6.45) is 0.973. The highest BCUT2D eigenvalue weighted by Crippen LogP contribution is 2.25. The summed E-state index contributed by atoms with van der Waals surface area (Å²) in [6.45, 7) is 1.73. The maximum Gasteiger partial charge on any atom is 0.257 e. The van der Waals surface area contributed by atoms with E-state index < -0.39 is 0 Å². The zero-order valence-electron chi connectivity index (χ0n) is 11.2. The fourth-order valence-corrected chi connectivity index (χ4v) is 2.99. The van der Waals surface area contributed by atoms with Gasteiger partial charge in [-0.3, -0.25) is 4.79 Å². The number of carbonyl (C=O) groups is 1. The molecule has 0 unspecified atom stereocenters. The smallest absolute Gasteiger partial charge is 0.257 e. The number of anilines is 1. The topological polar surface area (TPSA) is 41.1 Å². The van der Waals surface area contributed by atoms with Gasteiger partial charge in [-0.2, -0.15) is 0 Å². The lowest BCUT2D eigenvalue weighted by Crippen LogP contribution is -2.25. The molecule has 0 aromatic heterocycles. The van der Waals surface area contributed by atoms with Gasteiger partial charge >= 0.3 is 0 Å².